The van der Waals surface area contributed by atoms with Gasteiger partial charge in [0.25, 0.3) is 5.91 Å². The molecule has 2 aromatic rings. The second kappa shape index (κ2) is 7.85. The van der Waals surface area contributed by atoms with Gasteiger partial charge in [-0.2, -0.15) is 9.40 Å². The summed E-state index contributed by atoms with van der Waals surface area (Å²) in [6, 6.07) is 4.34. The number of aryl methyl sites for hydroxylation is 2. The molecule has 1 N–H and O–H groups in total. The number of rotatable bonds is 4. The van der Waals surface area contributed by atoms with Crippen molar-refractivity contribution in [3.8, 4) is 0 Å². The van der Waals surface area contributed by atoms with Gasteiger partial charge in [-0.3, -0.25) is 9.48 Å². The molecule has 1 unspecified atom stereocenters. The fraction of sp³-hybridized carbons (Fsp3) is 0.474. The Bertz CT molecular complexity index is 1020. The fourth-order valence-electron chi connectivity index (χ4n) is 3.49. The highest BCUT2D eigenvalue weighted by atomic mass is 35.5. The smallest absolute Gasteiger partial charge is 0.255 e. The van der Waals surface area contributed by atoms with Gasteiger partial charge in [0.05, 0.1) is 22.1 Å². The summed E-state index contributed by atoms with van der Waals surface area (Å²) in [5, 5.41) is 7.22. The third kappa shape index (κ3) is 3.94. The lowest BCUT2D eigenvalue weighted by Crippen LogP contribution is -2.39. The zero-order valence-corrected chi connectivity index (χ0v) is 18.1. The first kappa shape index (κ1) is 20.8. The van der Waals surface area contributed by atoms with Crippen molar-refractivity contribution in [2.24, 2.45) is 13.0 Å². The monoisotopic (exact) mass is 424 g/mol. The molecule has 1 aromatic heterocycles. The number of amides is 1. The van der Waals surface area contributed by atoms with E-state index in [0.717, 1.165) is 18.5 Å². The normalized spacial score (nSPS) is 18.2. The zero-order valence-electron chi connectivity index (χ0n) is 16.5. The largest absolute Gasteiger partial charge is 0.319 e. The number of piperidine rings is 1. The number of carbonyl (C=O) groups is 1. The maximum atomic E-state index is 13.1. The number of halogens is 1. The number of hydrogen-bond acceptors (Lipinski definition) is 4. The molecule has 0 aliphatic carbocycles. The number of aromatic nitrogens is 2. The van der Waals surface area contributed by atoms with Crippen LogP contribution in [0.25, 0.3) is 0 Å². The molecule has 7 nitrogen and oxygen atoms in total. The Kier molecular flexibility index (Phi) is 5.84. The molecule has 1 aliphatic heterocycles. The van der Waals surface area contributed by atoms with Gasteiger partial charge in [-0.15, -0.1) is 0 Å². The summed E-state index contributed by atoms with van der Waals surface area (Å²) in [7, 11) is -1.97. The third-order valence-electron chi connectivity index (χ3n) is 5.18. The minimum atomic E-state index is -3.76. The van der Waals surface area contributed by atoms with Crippen molar-refractivity contribution in [1.29, 1.82) is 0 Å². The Balaban J connectivity index is 1.91. The van der Waals surface area contributed by atoms with Gasteiger partial charge < -0.3 is 5.32 Å². The Hall–Kier alpha value is -1.90. The summed E-state index contributed by atoms with van der Waals surface area (Å²) < 4.78 is 29.3. The molecular weight excluding hydrogens is 400 g/mol. The number of sulfonamides is 1. The highest BCUT2D eigenvalue weighted by molar-refractivity contribution is 7.89. The first-order chi connectivity index (χ1) is 13.1. The maximum Gasteiger partial charge on any atom is 0.255 e. The molecular formula is C19H25ClN4O3S. The molecule has 1 aromatic carbocycles. The van der Waals surface area contributed by atoms with Gasteiger partial charge >= 0.3 is 0 Å². The molecule has 0 saturated carbocycles. The van der Waals surface area contributed by atoms with Crippen LogP contribution in [0.15, 0.2) is 23.1 Å². The second-order valence-electron chi connectivity index (χ2n) is 7.38. The minimum Gasteiger partial charge on any atom is -0.319 e. The summed E-state index contributed by atoms with van der Waals surface area (Å²) in [5.41, 5.74) is 2.36. The van der Waals surface area contributed by atoms with Gasteiger partial charge in [-0.05, 0) is 50.8 Å². The highest BCUT2D eigenvalue weighted by Gasteiger charge is 2.31. The Morgan fingerprint density at radius 2 is 2.04 bits per heavy atom. The van der Waals surface area contributed by atoms with Gasteiger partial charge in [0.2, 0.25) is 10.0 Å². The van der Waals surface area contributed by atoms with Crippen molar-refractivity contribution in [1.82, 2.24) is 14.1 Å². The lowest BCUT2D eigenvalue weighted by atomic mass is 10.0. The molecule has 28 heavy (non-hydrogen) atoms. The Morgan fingerprint density at radius 3 is 2.64 bits per heavy atom. The van der Waals surface area contributed by atoms with Gasteiger partial charge in [-0.25, -0.2) is 8.42 Å². The van der Waals surface area contributed by atoms with Crippen molar-refractivity contribution in [3.63, 3.8) is 0 Å². The van der Waals surface area contributed by atoms with Crippen molar-refractivity contribution < 1.29 is 13.2 Å². The van der Waals surface area contributed by atoms with Crippen LogP contribution in [0.1, 0.15) is 41.5 Å². The van der Waals surface area contributed by atoms with E-state index in [1.807, 2.05) is 13.8 Å². The number of hydrogen-bond donors (Lipinski definition) is 1. The van der Waals surface area contributed by atoms with Gasteiger partial charge in [0, 0.05) is 25.7 Å². The standard InChI is InChI=1S/C19H25ClN4O3S/c1-12-6-5-9-24(11-12)28(26,27)17-10-15(7-8-16(17)20)19(25)21-18-13(2)22-23(4)14(18)3/h7-8,10,12H,5-6,9,11H2,1-4H3,(H,21,25). The lowest BCUT2D eigenvalue weighted by molar-refractivity contribution is 0.102. The van der Waals surface area contributed by atoms with Crippen molar-refractivity contribution in [3.05, 3.63) is 40.2 Å². The molecule has 0 spiro atoms. The van der Waals surface area contributed by atoms with E-state index in [2.05, 4.69) is 10.4 Å². The molecule has 1 saturated heterocycles. The molecule has 1 amide bonds. The zero-order chi connectivity index (χ0) is 20.6. The second-order valence-corrected chi connectivity index (χ2v) is 9.69. The topological polar surface area (TPSA) is 84.3 Å². The van der Waals surface area contributed by atoms with Gasteiger partial charge in [0.15, 0.2) is 0 Å². The molecule has 3 rings (SSSR count). The first-order valence-corrected chi connectivity index (χ1v) is 11.0. The average Bonchev–Trinajstić information content (AvgIpc) is 2.88. The van der Waals surface area contributed by atoms with Crippen LogP contribution in [0, 0.1) is 19.8 Å². The van der Waals surface area contributed by atoms with E-state index in [-0.39, 0.29) is 15.5 Å². The molecule has 0 radical (unpaired) electrons. The van der Waals surface area contributed by atoms with E-state index < -0.39 is 15.9 Å². The SMILES string of the molecule is Cc1nn(C)c(C)c1NC(=O)c1ccc(Cl)c(S(=O)(=O)N2CCCC(C)C2)c1. The summed E-state index contributed by atoms with van der Waals surface area (Å²) in [5.74, 6) is -0.107. The summed E-state index contributed by atoms with van der Waals surface area (Å²) in [6.07, 6.45) is 1.82. The quantitative estimate of drug-likeness (QED) is 0.815. The minimum absolute atomic E-state index is 0.0319. The number of nitrogens with zero attached hydrogens (tertiary/aromatic N) is 3. The first-order valence-electron chi connectivity index (χ1n) is 9.22. The van der Waals surface area contributed by atoms with E-state index >= 15 is 0 Å². The predicted octanol–water partition coefficient (Wildman–Crippen LogP) is 3.36. The van der Waals surface area contributed by atoms with E-state index in [1.165, 1.54) is 22.5 Å². The van der Waals surface area contributed by atoms with E-state index in [0.29, 0.717) is 30.4 Å². The van der Waals surface area contributed by atoms with Crippen LogP contribution in [0.3, 0.4) is 0 Å². The number of carbonyl (C=O) groups excluding carboxylic acids is 1. The van der Waals surface area contributed by atoms with E-state index in [4.69, 9.17) is 11.6 Å². The molecule has 152 valence electrons. The van der Waals surface area contributed by atoms with E-state index in [1.54, 1.807) is 18.7 Å². The third-order valence-corrected chi connectivity index (χ3v) is 7.53. The molecule has 1 fully saturated rings. The lowest BCUT2D eigenvalue weighted by Gasteiger charge is -2.30. The van der Waals surface area contributed by atoms with Crippen molar-refractivity contribution in [2.75, 3.05) is 18.4 Å². The number of benzene rings is 1. The molecule has 1 aliphatic rings. The van der Waals surface area contributed by atoms with Crippen LogP contribution in [0.2, 0.25) is 5.02 Å². The number of anilines is 1. The summed E-state index contributed by atoms with van der Waals surface area (Å²) in [4.78, 5) is 12.7. The van der Waals surface area contributed by atoms with Crippen molar-refractivity contribution in [2.45, 2.75) is 38.5 Å². The Labute approximate surface area is 170 Å². The molecule has 0 bridgehead atoms. The molecule has 9 heteroatoms. The summed E-state index contributed by atoms with van der Waals surface area (Å²) >= 11 is 6.20. The average molecular weight is 425 g/mol. The maximum absolute atomic E-state index is 13.1. The van der Waals surface area contributed by atoms with Crippen LogP contribution >= 0.6 is 11.6 Å². The Morgan fingerprint density at radius 1 is 1.32 bits per heavy atom. The van der Waals surface area contributed by atoms with Crippen LogP contribution in [-0.4, -0.2) is 41.5 Å². The van der Waals surface area contributed by atoms with Crippen LogP contribution < -0.4 is 5.32 Å². The number of nitrogens with one attached hydrogen (secondary N) is 1. The van der Waals surface area contributed by atoms with Gasteiger partial charge in [0.1, 0.15) is 4.90 Å². The van der Waals surface area contributed by atoms with E-state index in [9.17, 15) is 13.2 Å². The highest BCUT2D eigenvalue weighted by Crippen LogP contribution is 2.29. The predicted molar refractivity (Wildman–Crippen MR) is 109 cm³/mol. The van der Waals surface area contributed by atoms with Crippen LogP contribution in [0.4, 0.5) is 5.69 Å². The summed E-state index contributed by atoms with van der Waals surface area (Å²) in [6.45, 7) is 6.62. The van der Waals surface area contributed by atoms with Crippen LogP contribution in [0.5, 0.6) is 0 Å². The molecule has 2 heterocycles. The van der Waals surface area contributed by atoms with Crippen LogP contribution in [-0.2, 0) is 17.1 Å². The van der Waals surface area contributed by atoms with Gasteiger partial charge in [-0.1, -0.05) is 18.5 Å². The van der Waals surface area contributed by atoms with Crippen molar-refractivity contribution >= 4 is 33.2 Å². The molecule has 1 atom stereocenters. The fourth-order valence-corrected chi connectivity index (χ4v) is 5.58.